The molecule has 24 heavy (non-hydrogen) atoms. The highest BCUT2D eigenvalue weighted by atomic mass is 32.1. The van der Waals surface area contributed by atoms with E-state index in [1.165, 1.54) is 0 Å². The lowest BCUT2D eigenvalue weighted by Gasteiger charge is -2.30. The van der Waals surface area contributed by atoms with E-state index in [9.17, 15) is 0 Å². The molecular formula is C16H19N5O2S. The predicted molar refractivity (Wildman–Crippen MR) is 89.9 cm³/mol. The molecule has 4 heterocycles. The number of rotatable bonds is 4. The van der Waals surface area contributed by atoms with Crippen molar-refractivity contribution in [1.29, 1.82) is 0 Å². The van der Waals surface area contributed by atoms with Gasteiger partial charge in [-0.15, -0.1) is 11.3 Å². The minimum atomic E-state index is 0.149. The molecule has 0 saturated carbocycles. The van der Waals surface area contributed by atoms with Gasteiger partial charge in [0.25, 0.3) is 0 Å². The first-order valence-corrected chi connectivity index (χ1v) is 8.82. The SMILES string of the molecule is Cc1oc(-c2cccs2)nc1Cc1nc(C2CNCCN2C)no1. The van der Waals surface area contributed by atoms with E-state index in [2.05, 4.69) is 32.4 Å². The van der Waals surface area contributed by atoms with Gasteiger partial charge in [0.15, 0.2) is 5.82 Å². The highest BCUT2D eigenvalue weighted by Gasteiger charge is 2.25. The largest absolute Gasteiger partial charge is 0.440 e. The van der Waals surface area contributed by atoms with Crippen molar-refractivity contribution >= 4 is 11.3 Å². The molecule has 1 N–H and O–H groups in total. The molecule has 0 spiro atoms. The first-order valence-electron chi connectivity index (χ1n) is 7.94. The minimum absolute atomic E-state index is 0.149. The molecule has 0 aromatic carbocycles. The van der Waals surface area contributed by atoms with E-state index in [1.54, 1.807) is 11.3 Å². The average molecular weight is 345 g/mol. The molecule has 0 bridgehead atoms. The number of thiophene rings is 1. The summed E-state index contributed by atoms with van der Waals surface area (Å²) in [6.07, 6.45) is 0.484. The second-order valence-corrected chi connectivity index (χ2v) is 6.87. The molecule has 8 heteroatoms. The van der Waals surface area contributed by atoms with E-state index in [4.69, 9.17) is 8.94 Å². The molecule has 0 aliphatic carbocycles. The standard InChI is InChI=1S/C16H19N5O2S/c1-10-11(18-16(22-10)13-4-3-7-24-13)8-14-19-15(20-23-14)12-9-17-5-6-21(12)2/h3-4,7,12,17H,5-6,8-9H2,1-2H3. The third-order valence-electron chi connectivity index (χ3n) is 4.24. The lowest BCUT2D eigenvalue weighted by Crippen LogP contribution is -2.44. The molecular weight excluding hydrogens is 326 g/mol. The van der Waals surface area contributed by atoms with Crippen molar-refractivity contribution in [2.24, 2.45) is 0 Å². The van der Waals surface area contributed by atoms with Crippen LogP contribution in [0.2, 0.25) is 0 Å². The van der Waals surface area contributed by atoms with Crippen molar-refractivity contribution in [2.75, 3.05) is 26.7 Å². The van der Waals surface area contributed by atoms with Crippen LogP contribution in [0.25, 0.3) is 10.8 Å². The molecule has 1 aliphatic rings. The molecule has 0 amide bonds. The number of aryl methyl sites for hydroxylation is 1. The van der Waals surface area contributed by atoms with Crippen molar-refractivity contribution < 1.29 is 8.94 Å². The number of oxazole rings is 1. The van der Waals surface area contributed by atoms with Gasteiger partial charge in [0.05, 0.1) is 23.0 Å². The molecule has 3 aromatic rings. The van der Waals surface area contributed by atoms with Crippen molar-refractivity contribution in [3.8, 4) is 10.8 Å². The number of likely N-dealkylation sites (N-methyl/N-ethyl adjacent to an activating group) is 1. The Morgan fingerprint density at radius 2 is 2.33 bits per heavy atom. The normalized spacial score (nSPS) is 19.0. The van der Waals surface area contributed by atoms with E-state index in [0.717, 1.165) is 41.8 Å². The fourth-order valence-corrected chi connectivity index (χ4v) is 3.46. The van der Waals surface area contributed by atoms with Crippen LogP contribution in [0.4, 0.5) is 0 Å². The van der Waals surface area contributed by atoms with Crippen molar-refractivity contribution in [3.63, 3.8) is 0 Å². The Morgan fingerprint density at radius 1 is 1.42 bits per heavy atom. The van der Waals surface area contributed by atoms with E-state index >= 15 is 0 Å². The van der Waals surface area contributed by atoms with Crippen molar-refractivity contribution in [2.45, 2.75) is 19.4 Å². The molecule has 1 unspecified atom stereocenters. The number of hydrogen-bond donors (Lipinski definition) is 1. The van der Waals surface area contributed by atoms with Crippen LogP contribution in [0.15, 0.2) is 26.5 Å². The van der Waals surface area contributed by atoms with Crippen LogP contribution in [0.1, 0.15) is 29.2 Å². The Morgan fingerprint density at radius 3 is 3.12 bits per heavy atom. The highest BCUT2D eigenvalue weighted by Crippen LogP contribution is 2.27. The third-order valence-corrected chi connectivity index (χ3v) is 5.09. The second kappa shape index (κ2) is 6.46. The lowest BCUT2D eigenvalue weighted by atomic mass is 10.2. The van der Waals surface area contributed by atoms with Crippen molar-refractivity contribution in [1.82, 2.24) is 25.3 Å². The maximum Gasteiger partial charge on any atom is 0.236 e. The number of piperazine rings is 1. The van der Waals surface area contributed by atoms with Crippen molar-refractivity contribution in [3.05, 3.63) is 40.7 Å². The minimum Gasteiger partial charge on any atom is -0.440 e. The van der Waals surface area contributed by atoms with Gasteiger partial charge >= 0.3 is 0 Å². The quantitative estimate of drug-likeness (QED) is 0.777. The molecule has 7 nitrogen and oxygen atoms in total. The van der Waals surface area contributed by atoms with E-state index < -0.39 is 0 Å². The van der Waals surface area contributed by atoms with Gasteiger partial charge in [-0.2, -0.15) is 4.98 Å². The number of aromatic nitrogens is 3. The molecule has 1 atom stereocenters. The van der Waals surface area contributed by atoms with Gasteiger partial charge in [0.1, 0.15) is 5.76 Å². The summed E-state index contributed by atoms with van der Waals surface area (Å²) in [7, 11) is 2.08. The molecule has 1 aliphatic heterocycles. The van der Waals surface area contributed by atoms with E-state index in [0.29, 0.717) is 18.2 Å². The summed E-state index contributed by atoms with van der Waals surface area (Å²) < 4.78 is 11.2. The topological polar surface area (TPSA) is 80.2 Å². The van der Waals surface area contributed by atoms with Crippen LogP contribution in [-0.2, 0) is 6.42 Å². The monoisotopic (exact) mass is 345 g/mol. The van der Waals surface area contributed by atoms with Gasteiger partial charge in [-0.05, 0) is 25.4 Å². The van der Waals surface area contributed by atoms with E-state index in [1.807, 2.05) is 24.4 Å². The maximum absolute atomic E-state index is 5.76. The van der Waals surface area contributed by atoms with Gasteiger partial charge in [-0.1, -0.05) is 11.2 Å². The van der Waals surface area contributed by atoms with Crippen LogP contribution in [0.5, 0.6) is 0 Å². The van der Waals surface area contributed by atoms with Crippen LogP contribution in [0.3, 0.4) is 0 Å². The van der Waals surface area contributed by atoms with Gasteiger partial charge < -0.3 is 14.3 Å². The average Bonchev–Trinajstić information content (AvgIpc) is 3.30. The predicted octanol–water partition coefficient (Wildman–Crippen LogP) is 2.26. The first-order chi connectivity index (χ1) is 11.7. The summed E-state index contributed by atoms with van der Waals surface area (Å²) in [6.45, 7) is 4.71. The summed E-state index contributed by atoms with van der Waals surface area (Å²) >= 11 is 1.61. The summed E-state index contributed by atoms with van der Waals surface area (Å²) in [5.41, 5.74) is 0.837. The Labute approximate surface area is 143 Å². The van der Waals surface area contributed by atoms with Crippen LogP contribution in [0, 0.1) is 6.92 Å². The molecule has 126 valence electrons. The van der Waals surface area contributed by atoms with Gasteiger partial charge in [0.2, 0.25) is 11.8 Å². The zero-order chi connectivity index (χ0) is 16.5. The summed E-state index contributed by atoms with van der Waals surface area (Å²) in [5.74, 6) is 2.72. The Balaban J connectivity index is 1.52. The number of nitrogens with one attached hydrogen (secondary N) is 1. The van der Waals surface area contributed by atoms with Crippen LogP contribution < -0.4 is 5.32 Å². The number of hydrogen-bond acceptors (Lipinski definition) is 8. The van der Waals surface area contributed by atoms with Crippen LogP contribution in [-0.4, -0.2) is 46.7 Å². The third kappa shape index (κ3) is 3.00. The zero-order valence-electron chi connectivity index (χ0n) is 13.7. The molecule has 1 saturated heterocycles. The second-order valence-electron chi connectivity index (χ2n) is 5.92. The Bertz CT molecular complexity index is 810. The van der Waals surface area contributed by atoms with E-state index in [-0.39, 0.29) is 6.04 Å². The molecule has 4 rings (SSSR count). The Hall–Kier alpha value is -2.03. The fraction of sp³-hybridized carbons (Fsp3) is 0.438. The first kappa shape index (κ1) is 15.5. The maximum atomic E-state index is 5.76. The van der Waals surface area contributed by atoms with Crippen LogP contribution >= 0.6 is 11.3 Å². The molecule has 0 radical (unpaired) electrons. The van der Waals surface area contributed by atoms with Gasteiger partial charge in [0, 0.05) is 19.6 Å². The highest BCUT2D eigenvalue weighted by molar-refractivity contribution is 7.13. The summed E-state index contributed by atoms with van der Waals surface area (Å²) in [5, 5.41) is 9.52. The van der Waals surface area contributed by atoms with Gasteiger partial charge in [-0.25, -0.2) is 4.98 Å². The number of nitrogens with zero attached hydrogens (tertiary/aromatic N) is 4. The zero-order valence-corrected chi connectivity index (χ0v) is 14.5. The fourth-order valence-electron chi connectivity index (χ4n) is 2.81. The Kier molecular flexibility index (Phi) is 4.17. The summed E-state index contributed by atoms with van der Waals surface area (Å²) in [4.78, 5) is 12.4. The summed E-state index contributed by atoms with van der Waals surface area (Å²) in [6, 6.07) is 4.13. The smallest absolute Gasteiger partial charge is 0.236 e. The molecule has 3 aromatic heterocycles. The van der Waals surface area contributed by atoms with Gasteiger partial charge in [-0.3, -0.25) is 4.90 Å². The lowest BCUT2D eigenvalue weighted by molar-refractivity contribution is 0.190. The molecule has 1 fully saturated rings.